The van der Waals surface area contributed by atoms with Gasteiger partial charge >= 0.3 is 0 Å². The molecular formula is C16H13BrN4O2. The van der Waals surface area contributed by atoms with Gasteiger partial charge in [0.25, 0.3) is 5.91 Å². The fraction of sp³-hybridized carbons (Fsp3) is 0.0625. The van der Waals surface area contributed by atoms with Crippen LogP contribution < -0.4 is 10.6 Å². The highest BCUT2D eigenvalue weighted by molar-refractivity contribution is 9.10. The zero-order chi connectivity index (χ0) is 16.2. The lowest BCUT2D eigenvalue weighted by atomic mass is 10.2. The standard InChI is InChI=1S/C16H13BrN4O2/c1-10-7-15(21-23-10)20-14-6-5-13(9-18-14)19-16(22)11-3-2-4-12(17)8-11/h2-9H,1H3,(H,19,22)(H,18,20,21). The maximum Gasteiger partial charge on any atom is 0.255 e. The number of halogens is 1. The fourth-order valence-electron chi connectivity index (χ4n) is 1.93. The highest BCUT2D eigenvalue weighted by atomic mass is 79.9. The lowest BCUT2D eigenvalue weighted by Gasteiger charge is -2.06. The third-order valence-corrected chi connectivity index (χ3v) is 3.49. The molecule has 3 aromatic rings. The van der Waals surface area contributed by atoms with Gasteiger partial charge in [-0.3, -0.25) is 4.79 Å². The van der Waals surface area contributed by atoms with Crippen molar-refractivity contribution >= 4 is 39.2 Å². The molecule has 23 heavy (non-hydrogen) atoms. The number of carbonyl (C=O) groups excluding carboxylic acids is 1. The van der Waals surface area contributed by atoms with Crippen LogP contribution in [0.3, 0.4) is 0 Å². The third kappa shape index (κ3) is 3.95. The van der Waals surface area contributed by atoms with Gasteiger partial charge in [-0.15, -0.1) is 0 Å². The van der Waals surface area contributed by atoms with Gasteiger partial charge < -0.3 is 15.2 Å². The molecule has 2 aromatic heterocycles. The lowest BCUT2D eigenvalue weighted by Crippen LogP contribution is -2.12. The summed E-state index contributed by atoms with van der Waals surface area (Å²) in [7, 11) is 0. The first kappa shape index (κ1) is 15.2. The van der Waals surface area contributed by atoms with Crippen LogP contribution in [0.5, 0.6) is 0 Å². The summed E-state index contributed by atoms with van der Waals surface area (Å²) in [6.45, 7) is 1.81. The number of aromatic nitrogens is 2. The minimum atomic E-state index is -0.194. The molecule has 0 unspecified atom stereocenters. The molecular weight excluding hydrogens is 360 g/mol. The maximum absolute atomic E-state index is 12.1. The predicted molar refractivity (Wildman–Crippen MR) is 90.9 cm³/mol. The first-order chi connectivity index (χ1) is 11.1. The number of anilines is 3. The van der Waals surface area contributed by atoms with E-state index < -0.39 is 0 Å². The van der Waals surface area contributed by atoms with Gasteiger partial charge in [-0.25, -0.2) is 4.98 Å². The number of aryl methyl sites for hydroxylation is 1. The van der Waals surface area contributed by atoms with Crippen molar-refractivity contribution in [1.82, 2.24) is 10.1 Å². The molecule has 3 rings (SSSR count). The van der Waals surface area contributed by atoms with Crippen LogP contribution in [0.4, 0.5) is 17.3 Å². The fourth-order valence-corrected chi connectivity index (χ4v) is 2.33. The number of amides is 1. The Kier molecular flexibility index (Phi) is 4.38. The van der Waals surface area contributed by atoms with Crippen LogP contribution >= 0.6 is 15.9 Å². The summed E-state index contributed by atoms with van der Waals surface area (Å²) in [6, 6.07) is 12.5. The summed E-state index contributed by atoms with van der Waals surface area (Å²) < 4.78 is 5.82. The van der Waals surface area contributed by atoms with Gasteiger partial charge in [0.1, 0.15) is 11.6 Å². The summed E-state index contributed by atoms with van der Waals surface area (Å²) in [4.78, 5) is 16.4. The Balaban J connectivity index is 1.66. The van der Waals surface area contributed by atoms with E-state index in [1.807, 2.05) is 19.1 Å². The highest BCUT2D eigenvalue weighted by Crippen LogP contribution is 2.17. The van der Waals surface area contributed by atoms with Gasteiger partial charge in [0.05, 0.1) is 11.9 Å². The van der Waals surface area contributed by atoms with E-state index >= 15 is 0 Å². The van der Waals surface area contributed by atoms with Crippen LogP contribution in [-0.4, -0.2) is 16.0 Å². The van der Waals surface area contributed by atoms with Gasteiger partial charge in [-0.1, -0.05) is 27.2 Å². The number of rotatable bonds is 4. The summed E-state index contributed by atoms with van der Waals surface area (Å²) >= 11 is 3.34. The number of benzene rings is 1. The summed E-state index contributed by atoms with van der Waals surface area (Å²) in [5.41, 5.74) is 1.18. The molecule has 0 saturated carbocycles. The Bertz CT molecular complexity index is 830. The van der Waals surface area contributed by atoms with E-state index in [0.717, 1.165) is 4.47 Å². The molecule has 0 bridgehead atoms. The van der Waals surface area contributed by atoms with Crippen molar-refractivity contribution in [3.63, 3.8) is 0 Å². The molecule has 116 valence electrons. The van der Waals surface area contributed by atoms with Crippen LogP contribution in [0.2, 0.25) is 0 Å². The minimum Gasteiger partial charge on any atom is -0.360 e. The molecule has 0 aliphatic rings. The molecule has 0 atom stereocenters. The molecule has 0 radical (unpaired) electrons. The summed E-state index contributed by atoms with van der Waals surface area (Å²) in [5.74, 6) is 1.71. The van der Waals surface area contributed by atoms with Crippen LogP contribution in [-0.2, 0) is 0 Å². The molecule has 0 aliphatic heterocycles. The van der Waals surface area contributed by atoms with E-state index in [2.05, 4.69) is 36.7 Å². The molecule has 1 amide bonds. The van der Waals surface area contributed by atoms with Crippen LogP contribution in [0.1, 0.15) is 16.1 Å². The quantitative estimate of drug-likeness (QED) is 0.719. The number of hydrogen-bond acceptors (Lipinski definition) is 5. The Morgan fingerprint density at radius 1 is 1.17 bits per heavy atom. The molecule has 0 saturated heterocycles. The molecule has 1 aromatic carbocycles. The predicted octanol–water partition coefficient (Wildman–Crippen LogP) is 4.14. The minimum absolute atomic E-state index is 0.194. The molecule has 0 aliphatic carbocycles. The number of hydrogen-bond donors (Lipinski definition) is 2. The van der Waals surface area contributed by atoms with Crippen molar-refractivity contribution in [2.45, 2.75) is 6.92 Å². The largest absolute Gasteiger partial charge is 0.360 e. The van der Waals surface area contributed by atoms with E-state index in [0.29, 0.717) is 28.6 Å². The second-order valence-electron chi connectivity index (χ2n) is 4.84. The first-order valence-corrected chi connectivity index (χ1v) is 7.63. The summed E-state index contributed by atoms with van der Waals surface area (Å²) in [6.07, 6.45) is 1.57. The Labute approximate surface area is 141 Å². The van der Waals surface area contributed by atoms with Crippen LogP contribution in [0, 0.1) is 6.92 Å². The Hall–Kier alpha value is -2.67. The van der Waals surface area contributed by atoms with Crippen molar-refractivity contribution < 1.29 is 9.32 Å². The van der Waals surface area contributed by atoms with Crippen LogP contribution in [0.15, 0.2) is 57.7 Å². The van der Waals surface area contributed by atoms with E-state index in [-0.39, 0.29) is 5.91 Å². The zero-order valence-corrected chi connectivity index (χ0v) is 13.8. The second kappa shape index (κ2) is 6.62. The second-order valence-corrected chi connectivity index (χ2v) is 5.76. The number of nitrogens with one attached hydrogen (secondary N) is 2. The molecule has 0 spiro atoms. The zero-order valence-electron chi connectivity index (χ0n) is 12.2. The number of nitrogens with zero attached hydrogens (tertiary/aromatic N) is 2. The van der Waals surface area contributed by atoms with Crippen molar-refractivity contribution in [3.05, 3.63) is 64.5 Å². The third-order valence-electron chi connectivity index (χ3n) is 2.99. The Morgan fingerprint density at radius 2 is 2.04 bits per heavy atom. The van der Waals surface area contributed by atoms with Crippen molar-refractivity contribution in [2.75, 3.05) is 10.6 Å². The van der Waals surface area contributed by atoms with E-state index in [4.69, 9.17) is 4.52 Å². The van der Waals surface area contributed by atoms with Gasteiger partial charge in [0, 0.05) is 16.1 Å². The first-order valence-electron chi connectivity index (χ1n) is 6.83. The van der Waals surface area contributed by atoms with Crippen molar-refractivity contribution in [1.29, 1.82) is 0 Å². The van der Waals surface area contributed by atoms with E-state index in [1.54, 1.807) is 36.5 Å². The van der Waals surface area contributed by atoms with E-state index in [1.165, 1.54) is 0 Å². The van der Waals surface area contributed by atoms with Gasteiger partial charge in [-0.05, 0) is 37.3 Å². The SMILES string of the molecule is Cc1cc(Nc2ccc(NC(=O)c3cccc(Br)c3)cn2)no1. The smallest absolute Gasteiger partial charge is 0.255 e. The highest BCUT2D eigenvalue weighted by Gasteiger charge is 2.07. The summed E-state index contributed by atoms with van der Waals surface area (Å²) in [5, 5.41) is 9.64. The van der Waals surface area contributed by atoms with E-state index in [9.17, 15) is 4.79 Å². The maximum atomic E-state index is 12.1. The monoisotopic (exact) mass is 372 g/mol. The van der Waals surface area contributed by atoms with Gasteiger partial charge in [0.15, 0.2) is 5.82 Å². The molecule has 6 nitrogen and oxygen atoms in total. The Morgan fingerprint density at radius 3 is 2.70 bits per heavy atom. The van der Waals surface area contributed by atoms with Crippen LogP contribution in [0.25, 0.3) is 0 Å². The molecule has 2 N–H and O–H groups in total. The van der Waals surface area contributed by atoms with Crippen molar-refractivity contribution in [3.8, 4) is 0 Å². The molecule has 2 heterocycles. The lowest BCUT2D eigenvalue weighted by molar-refractivity contribution is 0.102. The normalized spacial score (nSPS) is 10.3. The molecule has 7 heteroatoms. The van der Waals surface area contributed by atoms with Gasteiger partial charge in [-0.2, -0.15) is 0 Å². The average molecular weight is 373 g/mol. The average Bonchev–Trinajstić information content (AvgIpc) is 2.94. The molecule has 0 fully saturated rings. The van der Waals surface area contributed by atoms with Crippen molar-refractivity contribution in [2.24, 2.45) is 0 Å². The number of carbonyl (C=O) groups is 1. The van der Waals surface area contributed by atoms with Gasteiger partial charge in [0.2, 0.25) is 0 Å². The number of pyridine rings is 1. The topological polar surface area (TPSA) is 80.0 Å².